The summed E-state index contributed by atoms with van der Waals surface area (Å²) >= 11 is 0. The minimum Gasteiger partial charge on any atom is -0.465 e. The van der Waals surface area contributed by atoms with Crippen molar-refractivity contribution in [3.8, 4) is 0 Å². The molecule has 0 aliphatic carbocycles. The second-order valence-corrected chi connectivity index (χ2v) is 7.79. The third kappa shape index (κ3) is 5.29. The minimum absolute atomic E-state index is 0.0179. The fraction of sp³-hybridized carbons (Fsp3) is 0.667. The van der Waals surface area contributed by atoms with E-state index in [2.05, 4.69) is 26.0 Å². The van der Waals surface area contributed by atoms with E-state index >= 15 is 0 Å². The van der Waals surface area contributed by atoms with Crippen molar-refractivity contribution < 1.29 is 19.0 Å². The van der Waals surface area contributed by atoms with Crippen LogP contribution in [0.15, 0.2) is 30.3 Å². The van der Waals surface area contributed by atoms with Gasteiger partial charge in [0, 0.05) is 12.8 Å². The first-order chi connectivity index (χ1) is 11.8. The molecule has 1 aromatic rings. The van der Waals surface area contributed by atoms with Crippen LogP contribution in [0.5, 0.6) is 0 Å². The fourth-order valence-electron chi connectivity index (χ4n) is 3.06. The molecule has 0 amide bonds. The lowest BCUT2D eigenvalue weighted by molar-refractivity contribution is -0.180. The number of esters is 1. The zero-order valence-corrected chi connectivity index (χ0v) is 16.2. The van der Waals surface area contributed by atoms with Gasteiger partial charge in [-0.3, -0.25) is 4.79 Å². The largest absolute Gasteiger partial charge is 0.465 e. The van der Waals surface area contributed by atoms with Gasteiger partial charge in [-0.2, -0.15) is 0 Å². The summed E-state index contributed by atoms with van der Waals surface area (Å²) in [5, 5.41) is 0. The van der Waals surface area contributed by atoms with Crippen molar-refractivity contribution >= 4 is 5.97 Å². The number of hydrogen-bond acceptors (Lipinski definition) is 4. The first-order valence-electron chi connectivity index (χ1n) is 9.36. The number of ether oxygens (including phenoxy) is 3. The maximum atomic E-state index is 12.0. The van der Waals surface area contributed by atoms with Crippen LogP contribution in [0, 0.1) is 5.41 Å². The highest BCUT2D eigenvalue weighted by molar-refractivity contribution is 5.75. The monoisotopic (exact) mass is 348 g/mol. The first-order valence-corrected chi connectivity index (χ1v) is 9.36. The summed E-state index contributed by atoms with van der Waals surface area (Å²) in [4.78, 5) is 12.0. The average Bonchev–Trinajstić information content (AvgIpc) is 2.93. The van der Waals surface area contributed by atoms with Gasteiger partial charge in [0.05, 0.1) is 24.2 Å². The van der Waals surface area contributed by atoms with Crippen molar-refractivity contribution in [1.29, 1.82) is 0 Å². The summed E-state index contributed by atoms with van der Waals surface area (Å²) in [6.45, 7) is 10.1. The molecule has 0 aromatic heterocycles. The molecule has 0 unspecified atom stereocenters. The molecule has 1 heterocycles. The molecule has 0 spiro atoms. The normalized spacial score (nSPS) is 22.8. The molecule has 4 nitrogen and oxygen atoms in total. The standard InChI is InChI=1S/C21H32O4/c1-6-21(7-2)24-17(13-14-23-19(22)20(3,4)5)18(25-21)15-16-11-9-8-10-12-16/h8-12,17-18H,6-7,13-15H2,1-5H3/t17-,18-/m1/s1. The molecular weight excluding hydrogens is 316 g/mol. The van der Waals surface area contributed by atoms with E-state index in [1.807, 2.05) is 39.0 Å². The van der Waals surface area contributed by atoms with Crippen LogP contribution in [0.2, 0.25) is 0 Å². The third-order valence-corrected chi connectivity index (χ3v) is 4.75. The summed E-state index contributed by atoms with van der Waals surface area (Å²) in [7, 11) is 0. The third-order valence-electron chi connectivity index (χ3n) is 4.75. The second kappa shape index (κ2) is 8.33. The molecule has 1 saturated heterocycles. The van der Waals surface area contributed by atoms with E-state index in [0.29, 0.717) is 13.0 Å². The predicted octanol–water partition coefficient (Wildman–Crippen LogP) is 4.51. The van der Waals surface area contributed by atoms with Crippen LogP contribution in [0.25, 0.3) is 0 Å². The lowest BCUT2D eigenvalue weighted by atomic mass is 9.97. The van der Waals surface area contributed by atoms with Gasteiger partial charge in [0.2, 0.25) is 0 Å². The Labute approximate surface area is 151 Å². The van der Waals surface area contributed by atoms with Gasteiger partial charge in [0.25, 0.3) is 0 Å². The molecule has 0 radical (unpaired) electrons. The van der Waals surface area contributed by atoms with Crippen LogP contribution in [0.3, 0.4) is 0 Å². The number of carbonyl (C=O) groups excluding carboxylic acids is 1. The van der Waals surface area contributed by atoms with Gasteiger partial charge in [-0.15, -0.1) is 0 Å². The summed E-state index contributed by atoms with van der Waals surface area (Å²) in [5.74, 6) is -0.693. The molecule has 140 valence electrons. The Bertz CT molecular complexity index is 543. The van der Waals surface area contributed by atoms with E-state index in [1.54, 1.807) is 0 Å². The molecule has 0 saturated carbocycles. The number of rotatable bonds is 7. The molecule has 1 aliphatic rings. The Morgan fingerprint density at radius 2 is 1.68 bits per heavy atom. The Balaban J connectivity index is 2.00. The summed E-state index contributed by atoms with van der Waals surface area (Å²) in [6.07, 6.45) is 3.00. The van der Waals surface area contributed by atoms with Gasteiger partial charge in [-0.05, 0) is 39.2 Å². The molecule has 2 rings (SSSR count). The zero-order valence-electron chi connectivity index (χ0n) is 16.2. The Morgan fingerprint density at radius 3 is 2.24 bits per heavy atom. The quantitative estimate of drug-likeness (QED) is 0.680. The fourth-order valence-corrected chi connectivity index (χ4v) is 3.06. The molecular formula is C21H32O4. The van der Waals surface area contributed by atoms with Crippen molar-refractivity contribution in [2.24, 2.45) is 5.41 Å². The Morgan fingerprint density at radius 1 is 1.08 bits per heavy atom. The average molecular weight is 348 g/mol. The van der Waals surface area contributed by atoms with Gasteiger partial charge >= 0.3 is 5.97 Å². The van der Waals surface area contributed by atoms with E-state index < -0.39 is 11.2 Å². The molecule has 0 N–H and O–H groups in total. The molecule has 1 fully saturated rings. The van der Waals surface area contributed by atoms with Crippen LogP contribution < -0.4 is 0 Å². The van der Waals surface area contributed by atoms with Gasteiger partial charge in [-0.25, -0.2) is 0 Å². The van der Waals surface area contributed by atoms with E-state index in [9.17, 15) is 4.79 Å². The summed E-state index contributed by atoms with van der Waals surface area (Å²) in [6, 6.07) is 10.3. The van der Waals surface area contributed by atoms with E-state index in [-0.39, 0.29) is 18.2 Å². The van der Waals surface area contributed by atoms with Crippen molar-refractivity contribution in [3.05, 3.63) is 35.9 Å². The van der Waals surface area contributed by atoms with Gasteiger partial charge in [0.15, 0.2) is 5.79 Å². The van der Waals surface area contributed by atoms with Crippen LogP contribution in [0.4, 0.5) is 0 Å². The highest BCUT2D eigenvalue weighted by atomic mass is 16.8. The lowest BCUT2D eigenvalue weighted by Gasteiger charge is -2.25. The summed E-state index contributed by atoms with van der Waals surface area (Å²) < 4.78 is 18.0. The highest BCUT2D eigenvalue weighted by Gasteiger charge is 2.45. The molecule has 0 bridgehead atoms. The van der Waals surface area contributed by atoms with Gasteiger partial charge in [0.1, 0.15) is 0 Å². The van der Waals surface area contributed by atoms with E-state index in [1.165, 1.54) is 5.56 Å². The molecule has 25 heavy (non-hydrogen) atoms. The first kappa shape index (κ1) is 19.9. The van der Waals surface area contributed by atoms with Crippen LogP contribution in [-0.4, -0.2) is 30.6 Å². The van der Waals surface area contributed by atoms with E-state index in [4.69, 9.17) is 14.2 Å². The highest BCUT2D eigenvalue weighted by Crippen LogP contribution is 2.37. The van der Waals surface area contributed by atoms with Gasteiger partial charge < -0.3 is 14.2 Å². The van der Waals surface area contributed by atoms with Crippen LogP contribution in [0.1, 0.15) is 59.4 Å². The summed E-state index contributed by atoms with van der Waals surface area (Å²) in [5.41, 5.74) is 0.753. The van der Waals surface area contributed by atoms with Gasteiger partial charge in [-0.1, -0.05) is 44.2 Å². The Kier molecular flexibility index (Phi) is 6.64. The molecule has 1 aliphatic heterocycles. The zero-order chi connectivity index (χ0) is 18.5. The van der Waals surface area contributed by atoms with Crippen LogP contribution >= 0.6 is 0 Å². The number of carbonyl (C=O) groups is 1. The van der Waals surface area contributed by atoms with Crippen molar-refractivity contribution in [2.75, 3.05) is 6.61 Å². The maximum absolute atomic E-state index is 12.0. The lowest BCUT2D eigenvalue weighted by Crippen LogP contribution is -2.29. The van der Waals surface area contributed by atoms with Crippen LogP contribution in [-0.2, 0) is 25.4 Å². The topological polar surface area (TPSA) is 44.8 Å². The number of benzene rings is 1. The van der Waals surface area contributed by atoms with Crippen molar-refractivity contribution in [3.63, 3.8) is 0 Å². The second-order valence-electron chi connectivity index (χ2n) is 7.79. The molecule has 1 aromatic carbocycles. The predicted molar refractivity (Wildman–Crippen MR) is 98.2 cm³/mol. The number of hydrogen-bond donors (Lipinski definition) is 0. The minimum atomic E-state index is -0.516. The van der Waals surface area contributed by atoms with Crippen molar-refractivity contribution in [2.45, 2.75) is 78.3 Å². The van der Waals surface area contributed by atoms with Crippen molar-refractivity contribution in [1.82, 2.24) is 0 Å². The smallest absolute Gasteiger partial charge is 0.311 e. The molecule has 4 heteroatoms. The maximum Gasteiger partial charge on any atom is 0.311 e. The Hall–Kier alpha value is -1.39. The SMILES string of the molecule is CCC1(CC)O[C@H](CCOC(=O)C(C)(C)C)[C@@H](Cc2ccccc2)O1. The van der Waals surface area contributed by atoms with E-state index in [0.717, 1.165) is 19.3 Å². The molecule has 2 atom stereocenters.